The van der Waals surface area contributed by atoms with Gasteiger partial charge in [-0.2, -0.15) is 0 Å². The molecule has 17 heavy (non-hydrogen) atoms. The highest BCUT2D eigenvalue weighted by Gasteiger charge is 2.45. The normalized spacial score (nSPS) is 15.9. The monoisotopic (exact) mass is 236 g/mol. The first kappa shape index (κ1) is 13.4. The molecule has 1 aromatic carbocycles. The van der Waals surface area contributed by atoms with Crippen molar-refractivity contribution in [1.82, 2.24) is 0 Å². The average Bonchev–Trinajstić information content (AvgIpc) is 2.31. The smallest absolute Gasteiger partial charge is 0.336 e. The quantitative estimate of drug-likeness (QED) is 0.761. The van der Waals surface area contributed by atoms with Crippen LogP contribution in [0.15, 0.2) is 42.5 Å². The van der Waals surface area contributed by atoms with E-state index in [1.807, 2.05) is 0 Å². The van der Waals surface area contributed by atoms with E-state index in [-0.39, 0.29) is 0 Å². The van der Waals surface area contributed by atoms with Crippen molar-refractivity contribution in [3.05, 3.63) is 48.0 Å². The molecular formula is C13H16O4. The fourth-order valence-electron chi connectivity index (χ4n) is 1.90. The molecule has 2 N–H and O–H groups in total. The Morgan fingerprint density at radius 1 is 1.41 bits per heavy atom. The minimum absolute atomic E-state index is 0.432. The highest BCUT2D eigenvalue weighted by atomic mass is 16.5. The van der Waals surface area contributed by atoms with Gasteiger partial charge in [-0.15, -0.1) is 0 Å². The number of carboxylic acids is 1. The molecule has 1 unspecified atom stereocenters. The van der Waals surface area contributed by atoms with Crippen LogP contribution in [0, 0.1) is 0 Å². The zero-order chi connectivity index (χ0) is 13.1. The molecule has 0 fully saturated rings. The third-order valence-electron chi connectivity index (χ3n) is 2.78. The maximum Gasteiger partial charge on any atom is 0.336 e. The lowest BCUT2D eigenvalue weighted by molar-refractivity contribution is -0.164. The van der Waals surface area contributed by atoms with Crippen LogP contribution in [-0.4, -0.2) is 29.4 Å². The van der Waals surface area contributed by atoms with Crippen molar-refractivity contribution in [2.45, 2.75) is 18.6 Å². The predicted octanol–water partition coefficient (Wildman–Crippen LogP) is 1.55. The fraction of sp³-hybridized carbons (Fsp3) is 0.308. The topological polar surface area (TPSA) is 66.8 Å². The van der Waals surface area contributed by atoms with Gasteiger partial charge >= 0.3 is 5.97 Å². The molecule has 0 aliphatic heterocycles. The number of carbonyl (C=O) groups is 1. The minimum Gasteiger partial charge on any atom is -0.479 e. The zero-order valence-electron chi connectivity index (χ0n) is 9.88. The molecule has 0 amide bonds. The first-order valence-corrected chi connectivity index (χ1v) is 5.14. The van der Waals surface area contributed by atoms with Crippen molar-refractivity contribution in [2.75, 3.05) is 7.11 Å². The van der Waals surface area contributed by atoms with E-state index in [9.17, 15) is 9.90 Å². The summed E-state index contributed by atoms with van der Waals surface area (Å²) in [6, 6.07) is 8.70. The molecule has 0 aliphatic rings. The van der Waals surface area contributed by atoms with Gasteiger partial charge in [-0.3, -0.25) is 0 Å². The van der Waals surface area contributed by atoms with Gasteiger partial charge in [0, 0.05) is 7.11 Å². The molecule has 92 valence electrons. The highest BCUT2D eigenvalue weighted by molar-refractivity contribution is 5.75. The van der Waals surface area contributed by atoms with Gasteiger partial charge < -0.3 is 14.9 Å². The summed E-state index contributed by atoms with van der Waals surface area (Å²) >= 11 is 0. The van der Waals surface area contributed by atoms with E-state index in [1.165, 1.54) is 7.11 Å². The van der Waals surface area contributed by atoms with Crippen molar-refractivity contribution in [3.63, 3.8) is 0 Å². The van der Waals surface area contributed by atoms with Gasteiger partial charge in [0.25, 0.3) is 0 Å². The Kier molecular flexibility index (Phi) is 4.04. The van der Waals surface area contributed by atoms with Crippen LogP contribution < -0.4 is 0 Å². The van der Waals surface area contributed by atoms with Crippen LogP contribution in [0.2, 0.25) is 0 Å². The van der Waals surface area contributed by atoms with Crippen molar-refractivity contribution < 1.29 is 19.7 Å². The Labute approximate surface area is 100 Å². The van der Waals surface area contributed by atoms with E-state index < -0.39 is 17.7 Å². The third kappa shape index (κ3) is 2.23. The lowest BCUT2D eigenvalue weighted by Gasteiger charge is -2.35. The Bertz CT molecular complexity index is 413. The summed E-state index contributed by atoms with van der Waals surface area (Å²) in [6.07, 6.45) is -1.70. The number of carboxylic acid groups (broad SMARTS) is 1. The van der Waals surface area contributed by atoms with E-state index in [0.29, 0.717) is 11.1 Å². The number of hydrogen-bond donors (Lipinski definition) is 2. The summed E-state index contributed by atoms with van der Waals surface area (Å²) in [5.74, 6) is -1.35. The Hall–Kier alpha value is -1.65. The van der Waals surface area contributed by atoms with Crippen molar-refractivity contribution in [1.29, 1.82) is 0 Å². The number of aliphatic hydroxyl groups excluding tert-OH is 1. The third-order valence-corrected chi connectivity index (χ3v) is 2.78. The lowest BCUT2D eigenvalue weighted by atomic mass is 9.82. The van der Waals surface area contributed by atoms with E-state index in [2.05, 4.69) is 6.58 Å². The number of aliphatic hydroxyl groups is 1. The van der Waals surface area contributed by atoms with Crippen LogP contribution in [0.25, 0.3) is 0 Å². The molecule has 4 nitrogen and oxygen atoms in total. The molecule has 0 bridgehead atoms. The summed E-state index contributed by atoms with van der Waals surface area (Å²) in [5.41, 5.74) is -0.432. The summed E-state index contributed by atoms with van der Waals surface area (Å²) in [4.78, 5) is 11.0. The summed E-state index contributed by atoms with van der Waals surface area (Å²) in [7, 11) is 1.36. The van der Waals surface area contributed by atoms with Gasteiger partial charge in [0.1, 0.15) is 5.60 Å². The van der Waals surface area contributed by atoms with Crippen molar-refractivity contribution in [2.24, 2.45) is 0 Å². The number of hydrogen-bond acceptors (Lipinski definition) is 3. The van der Waals surface area contributed by atoms with E-state index in [0.717, 1.165) is 0 Å². The van der Waals surface area contributed by atoms with Crippen molar-refractivity contribution in [3.8, 4) is 0 Å². The number of methoxy groups -OCH3 is 1. The van der Waals surface area contributed by atoms with Gasteiger partial charge in [-0.1, -0.05) is 36.9 Å². The molecule has 2 atom stereocenters. The first-order valence-electron chi connectivity index (χ1n) is 5.14. The zero-order valence-corrected chi connectivity index (χ0v) is 9.88. The maximum atomic E-state index is 11.0. The van der Waals surface area contributed by atoms with Gasteiger partial charge in [-0.05, 0) is 18.1 Å². The summed E-state index contributed by atoms with van der Waals surface area (Å²) in [6.45, 7) is 5.36. The summed E-state index contributed by atoms with van der Waals surface area (Å²) in [5, 5.41) is 18.9. The van der Waals surface area contributed by atoms with E-state index >= 15 is 0 Å². The van der Waals surface area contributed by atoms with Crippen LogP contribution >= 0.6 is 0 Å². The SMILES string of the molecule is C=C(C)C(OC)(c1ccccc1)[C@H](O)C(=O)O. The molecular weight excluding hydrogens is 220 g/mol. The molecule has 0 aliphatic carbocycles. The average molecular weight is 236 g/mol. The molecule has 0 heterocycles. The van der Waals surface area contributed by atoms with Crippen LogP contribution in [0.1, 0.15) is 12.5 Å². The second-order valence-electron chi connectivity index (χ2n) is 3.83. The molecule has 0 aromatic heterocycles. The Morgan fingerprint density at radius 2 is 1.94 bits per heavy atom. The molecule has 4 heteroatoms. The number of benzene rings is 1. The minimum atomic E-state index is -1.70. The fourth-order valence-corrected chi connectivity index (χ4v) is 1.90. The Balaban J connectivity index is 3.38. The standard InChI is InChI=1S/C13H16O4/c1-9(2)13(17-3,11(14)12(15)16)10-7-5-4-6-8-10/h4-8,11,14H,1H2,2-3H3,(H,15,16)/t11-,13?/m1/s1. The van der Waals surface area contributed by atoms with Crippen molar-refractivity contribution >= 4 is 5.97 Å². The first-order chi connectivity index (χ1) is 7.96. The highest BCUT2D eigenvalue weighted by Crippen LogP contribution is 2.35. The van der Waals surface area contributed by atoms with Crippen LogP contribution in [0.3, 0.4) is 0 Å². The lowest BCUT2D eigenvalue weighted by Crippen LogP contribution is -2.47. The molecule has 1 rings (SSSR count). The second kappa shape index (κ2) is 5.12. The molecule has 0 saturated heterocycles. The molecule has 0 saturated carbocycles. The molecule has 1 aromatic rings. The van der Waals surface area contributed by atoms with Gasteiger partial charge in [0.05, 0.1) is 0 Å². The van der Waals surface area contributed by atoms with Gasteiger partial charge in [0.2, 0.25) is 0 Å². The summed E-state index contributed by atoms with van der Waals surface area (Å²) < 4.78 is 5.28. The largest absolute Gasteiger partial charge is 0.479 e. The number of aliphatic carboxylic acids is 1. The van der Waals surface area contributed by atoms with E-state index in [4.69, 9.17) is 9.84 Å². The van der Waals surface area contributed by atoms with Gasteiger partial charge in [0.15, 0.2) is 6.10 Å². The number of rotatable bonds is 5. The second-order valence-corrected chi connectivity index (χ2v) is 3.83. The molecule has 0 radical (unpaired) electrons. The number of ether oxygens (including phenoxy) is 1. The van der Waals surface area contributed by atoms with Crippen LogP contribution in [0.4, 0.5) is 0 Å². The van der Waals surface area contributed by atoms with Crippen LogP contribution in [-0.2, 0) is 15.1 Å². The molecule has 0 spiro atoms. The maximum absolute atomic E-state index is 11.0. The van der Waals surface area contributed by atoms with E-state index in [1.54, 1.807) is 37.3 Å². The van der Waals surface area contributed by atoms with Gasteiger partial charge in [-0.25, -0.2) is 4.79 Å². The Morgan fingerprint density at radius 3 is 2.29 bits per heavy atom. The predicted molar refractivity (Wildman–Crippen MR) is 63.6 cm³/mol. The van der Waals surface area contributed by atoms with Crippen LogP contribution in [0.5, 0.6) is 0 Å².